The average Bonchev–Trinajstić information content (AvgIpc) is 2.93. The summed E-state index contributed by atoms with van der Waals surface area (Å²) in [5.41, 5.74) is 4.05. The number of esters is 1. The Morgan fingerprint density at radius 2 is 1.65 bits per heavy atom. The quantitative estimate of drug-likeness (QED) is 0.237. The number of methoxy groups -OCH3 is 1. The molecule has 2 amide bonds. The van der Waals surface area contributed by atoms with Gasteiger partial charge in [0.1, 0.15) is 6.04 Å². The first-order valence-corrected chi connectivity index (χ1v) is 13.2. The van der Waals surface area contributed by atoms with Crippen LogP contribution in [0, 0.1) is 0 Å². The van der Waals surface area contributed by atoms with Gasteiger partial charge in [-0.2, -0.15) is 0 Å². The molecule has 1 atom stereocenters. The maximum absolute atomic E-state index is 12.9. The van der Waals surface area contributed by atoms with Crippen LogP contribution in [-0.4, -0.2) is 42.0 Å². The third kappa shape index (κ3) is 6.70. The maximum atomic E-state index is 12.9. The summed E-state index contributed by atoms with van der Waals surface area (Å²) in [5.74, 6) is -2.64. The summed E-state index contributed by atoms with van der Waals surface area (Å²) in [7, 11) is 1.32. The number of rotatable bonds is 8. The minimum absolute atomic E-state index is 0.0257. The van der Waals surface area contributed by atoms with Gasteiger partial charge in [-0.05, 0) is 71.9 Å². The van der Waals surface area contributed by atoms with E-state index >= 15 is 0 Å². The van der Waals surface area contributed by atoms with Crippen LogP contribution in [-0.2, 0) is 27.2 Å². The van der Waals surface area contributed by atoms with Crippen molar-refractivity contribution in [2.75, 3.05) is 12.4 Å². The lowest BCUT2D eigenvalue weighted by Gasteiger charge is -2.21. The monoisotopic (exact) mass is 580 g/mol. The van der Waals surface area contributed by atoms with Gasteiger partial charge in [-0.15, -0.1) is 0 Å². The van der Waals surface area contributed by atoms with Crippen molar-refractivity contribution < 1.29 is 29.0 Å². The summed E-state index contributed by atoms with van der Waals surface area (Å²) in [6, 6.07) is 15.4. The number of carboxylic acid groups (broad SMARTS) is 1. The van der Waals surface area contributed by atoms with E-state index in [0.29, 0.717) is 29.7 Å². The van der Waals surface area contributed by atoms with Crippen LogP contribution in [0.1, 0.15) is 50.2 Å². The number of carboxylic acids is 1. The molecule has 1 aliphatic carbocycles. The Bertz CT molecular complexity index is 1480. The molecule has 3 aromatic carbocycles. The van der Waals surface area contributed by atoms with Crippen molar-refractivity contribution in [3.05, 3.63) is 105 Å². The Morgan fingerprint density at radius 1 is 0.975 bits per heavy atom. The highest BCUT2D eigenvalue weighted by Gasteiger charge is 2.24. The van der Waals surface area contributed by atoms with Crippen LogP contribution in [0.4, 0.5) is 5.69 Å². The lowest BCUT2D eigenvalue weighted by molar-refractivity contribution is -0.141. The minimum Gasteiger partial charge on any atom is -0.480 e. The second-order valence-corrected chi connectivity index (χ2v) is 10.0. The van der Waals surface area contributed by atoms with E-state index < -0.39 is 29.8 Å². The third-order valence-electron chi connectivity index (χ3n) is 6.56. The number of amides is 2. The first kappa shape index (κ1) is 28.9. The highest BCUT2D eigenvalue weighted by atomic mass is 35.5. The number of halogens is 2. The fourth-order valence-electron chi connectivity index (χ4n) is 4.64. The van der Waals surface area contributed by atoms with Gasteiger partial charge in [0.2, 0.25) is 5.91 Å². The molecule has 3 aromatic rings. The molecule has 0 aromatic heterocycles. The van der Waals surface area contributed by atoms with Gasteiger partial charge < -0.3 is 20.5 Å². The molecule has 0 unspecified atom stereocenters. The van der Waals surface area contributed by atoms with E-state index in [-0.39, 0.29) is 22.0 Å². The van der Waals surface area contributed by atoms with Crippen molar-refractivity contribution in [1.29, 1.82) is 0 Å². The molecule has 0 heterocycles. The summed E-state index contributed by atoms with van der Waals surface area (Å²) in [5, 5.41) is 15.5. The summed E-state index contributed by atoms with van der Waals surface area (Å²) in [6.07, 6.45) is 3.47. The number of aliphatic carboxylic acids is 1. The van der Waals surface area contributed by atoms with E-state index in [1.807, 2.05) is 6.07 Å². The summed E-state index contributed by atoms with van der Waals surface area (Å²) < 4.78 is 4.88. The Labute approximate surface area is 240 Å². The van der Waals surface area contributed by atoms with Gasteiger partial charge in [-0.3, -0.25) is 9.59 Å². The number of nitrogens with one attached hydrogen (secondary N) is 2. The standard InChI is InChI=1S/C30H26Cl2N2O6/c1-40-30(39)22-8-3-6-20-18(5-2-7-21(20)22)16-26(35)34-25(29(37)38)15-17-11-13-19(14-12-17)33-28(36)27-23(31)9-4-10-24(27)32/h3-4,6,8-14,16,25H,2,5,7,15H2,1H3,(H,33,36)(H,34,35)(H,37,38)/t25-/m0/s1. The van der Waals surface area contributed by atoms with Crippen LogP contribution >= 0.6 is 23.2 Å². The van der Waals surface area contributed by atoms with Gasteiger partial charge in [-0.1, -0.05) is 53.5 Å². The normalized spacial score (nSPS) is 14.1. The first-order valence-electron chi connectivity index (χ1n) is 12.5. The second-order valence-electron chi connectivity index (χ2n) is 9.20. The predicted molar refractivity (Wildman–Crippen MR) is 153 cm³/mol. The molecule has 40 heavy (non-hydrogen) atoms. The molecule has 4 rings (SSSR count). The molecule has 0 bridgehead atoms. The van der Waals surface area contributed by atoms with E-state index in [1.165, 1.54) is 13.2 Å². The van der Waals surface area contributed by atoms with Gasteiger partial charge in [0.15, 0.2) is 0 Å². The largest absolute Gasteiger partial charge is 0.480 e. The number of hydrogen-bond donors (Lipinski definition) is 3. The van der Waals surface area contributed by atoms with Crippen molar-refractivity contribution in [1.82, 2.24) is 5.32 Å². The predicted octanol–water partition coefficient (Wildman–Crippen LogP) is 5.56. The van der Waals surface area contributed by atoms with Gasteiger partial charge >= 0.3 is 11.9 Å². The lowest BCUT2D eigenvalue weighted by Crippen LogP contribution is -2.41. The van der Waals surface area contributed by atoms with Gasteiger partial charge in [0, 0.05) is 18.2 Å². The van der Waals surface area contributed by atoms with Crippen molar-refractivity contribution in [3.8, 4) is 0 Å². The zero-order valence-corrected chi connectivity index (χ0v) is 23.0. The fourth-order valence-corrected chi connectivity index (χ4v) is 5.21. The number of benzene rings is 3. The topological polar surface area (TPSA) is 122 Å². The van der Waals surface area contributed by atoms with Gasteiger partial charge in [0.05, 0.1) is 28.3 Å². The highest BCUT2D eigenvalue weighted by Crippen LogP contribution is 2.33. The summed E-state index contributed by atoms with van der Waals surface area (Å²) >= 11 is 12.2. The van der Waals surface area contributed by atoms with E-state index in [1.54, 1.807) is 54.6 Å². The van der Waals surface area contributed by atoms with Gasteiger partial charge in [0.25, 0.3) is 5.91 Å². The molecule has 0 fully saturated rings. The lowest BCUT2D eigenvalue weighted by atomic mass is 9.84. The smallest absolute Gasteiger partial charge is 0.338 e. The molecule has 3 N–H and O–H groups in total. The molecule has 1 aliphatic rings. The number of ether oxygens (including phenoxy) is 1. The Hall–Kier alpha value is -4.14. The molecule has 0 spiro atoms. The van der Waals surface area contributed by atoms with Crippen molar-refractivity contribution >= 4 is 58.2 Å². The third-order valence-corrected chi connectivity index (χ3v) is 7.19. The zero-order chi connectivity index (χ0) is 28.8. The fraction of sp³-hybridized carbons (Fsp3) is 0.200. The molecule has 0 radical (unpaired) electrons. The Morgan fingerprint density at radius 3 is 2.30 bits per heavy atom. The van der Waals surface area contributed by atoms with Crippen molar-refractivity contribution in [2.24, 2.45) is 0 Å². The van der Waals surface area contributed by atoms with Crippen LogP contribution in [0.2, 0.25) is 10.0 Å². The molecular weight excluding hydrogens is 555 g/mol. The number of allylic oxidation sites excluding steroid dienone is 1. The van der Waals surface area contributed by atoms with Crippen LogP contribution in [0.5, 0.6) is 0 Å². The number of hydrogen-bond acceptors (Lipinski definition) is 5. The molecule has 0 saturated carbocycles. The van der Waals surface area contributed by atoms with Crippen LogP contribution < -0.4 is 10.6 Å². The van der Waals surface area contributed by atoms with Crippen LogP contribution in [0.25, 0.3) is 5.57 Å². The SMILES string of the molecule is COC(=O)c1cccc2c1CCCC2=CC(=O)N[C@@H](Cc1ccc(NC(=O)c2c(Cl)cccc2Cl)cc1)C(=O)O. The molecule has 0 saturated heterocycles. The van der Waals surface area contributed by atoms with Gasteiger partial charge in [-0.25, -0.2) is 9.59 Å². The van der Waals surface area contributed by atoms with Crippen molar-refractivity contribution in [3.63, 3.8) is 0 Å². The zero-order valence-electron chi connectivity index (χ0n) is 21.5. The minimum atomic E-state index is -1.19. The molecule has 10 heteroatoms. The first-order chi connectivity index (χ1) is 19.2. The molecule has 8 nitrogen and oxygen atoms in total. The molecule has 0 aliphatic heterocycles. The molecule has 206 valence electrons. The maximum Gasteiger partial charge on any atom is 0.338 e. The Balaban J connectivity index is 1.44. The Kier molecular flexibility index (Phi) is 9.24. The van der Waals surface area contributed by atoms with E-state index in [4.69, 9.17) is 27.9 Å². The highest BCUT2D eigenvalue weighted by molar-refractivity contribution is 6.40. The number of anilines is 1. The van der Waals surface area contributed by atoms with Crippen LogP contribution in [0.3, 0.4) is 0 Å². The summed E-state index contributed by atoms with van der Waals surface area (Å²) in [6.45, 7) is 0. The number of carbonyl (C=O) groups is 4. The average molecular weight is 581 g/mol. The number of fused-ring (bicyclic) bond motifs is 1. The summed E-state index contributed by atoms with van der Waals surface area (Å²) in [4.78, 5) is 49.6. The van der Waals surface area contributed by atoms with Crippen LogP contribution in [0.15, 0.2) is 66.7 Å². The van der Waals surface area contributed by atoms with E-state index in [0.717, 1.165) is 23.1 Å². The second kappa shape index (κ2) is 12.8. The van der Waals surface area contributed by atoms with E-state index in [2.05, 4.69) is 10.6 Å². The molecular formula is C30H26Cl2N2O6. The number of carbonyl (C=O) groups excluding carboxylic acids is 3. The van der Waals surface area contributed by atoms with Crippen molar-refractivity contribution in [2.45, 2.75) is 31.7 Å². The van der Waals surface area contributed by atoms with E-state index in [9.17, 15) is 24.3 Å².